The Kier molecular flexibility index (Phi) is 7.10. The molecule has 1 unspecified atom stereocenters. The van der Waals surface area contributed by atoms with Crippen molar-refractivity contribution in [2.75, 3.05) is 45.2 Å². The smallest absolute Gasteiger partial charge is 0.409 e. The van der Waals surface area contributed by atoms with Crippen LogP contribution >= 0.6 is 0 Å². The predicted octanol–water partition coefficient (Wildman–Crippen LogP) is 1.44. The number of ether oxygens (including phenoxy) is 2. The van der Waals surface area contributed by atoms with Crippen LogP contribution in [0.1, 0.15) is 39.0 Å². The van der Waals surface area contributed by atoms with Crippen LogP contribution in [-0.4, -0.2) is 75.0 Å². The zero-order valence-electron chi connectivity index (χ0n) is 13.9. The Labute approximate surface area is 139 Å². The molecule has 0 aromatic carbocycles. The minimum Gasteiger partial charge on any atom is -0.448 e. The van der Waals surface area contributed by atoms with Gasteiger partial charge in [-0.15, -0.1) is 0 Å². The first-order chi connectivity index (χ1) is 11.0. The van der Waals surface area contributed by atoms with Crippen LogP contribution in [0.25, 0.3) is 0 Å². The summed E-state index contributed by atoms with van der Waals surface area (Å²) in [6.45, 7) is 4.67. The van der Waals surface area contributed by atoms with Crippen LogP contribution in [0.4, 0.5) is 4.79 Å². The highest BCUT2D eigenvalue weighted by Crippen LogP contribution is 2.21. The molecule has 2 heterocycles. The lowest BCUT2D eigenvalue weighted by molar-refractivity contribution is 0.0795. The molecule has 0 aromatic rings. The SMILES string of the molecule is CCOCCS(=O)(=O)N1CCCCC1COC(=O)N1CCCC1. The van der Waals surface area contributed by atoms with Gasteiger partial charge in [-0.2, -0.15) is 4.31 Å². The van der Waals surface area contributed by atoms with Gasteiger partial charge < -0.3 is 14.4 Å². The van der Waals surface area contributed by atoms with Gasteiger partial charge in [-0.3, -0.25) is 0 Å². The Morgan fingerprint density at radius 3 is 2.52 bits per heavy atom. The molecular formula is C15H28N2O5S. The number of hydrogen-bond acceptors (Lipinski definition) is 5. The maximum absolute atomic E-state index is 12.5. The summed E-state index contributed by atoms with van der Waals surface area (Å²) < 4.78 is 37.0. The van der Waals surface area contributed by atoms with Crippen LogP contribution in [-0.2, 0) is 19.5 Å². The van der Waals surface area contributed by atoms with E-state index in [4.69, 9.17) is 9.47 Å². The number of likely N-dealkylation sites (tertiary alicyclic amines) is 1. The zero-order valence-corrected chi connectivity index (χ0v) is 14.7. The summed E-state index contributed by atoms with van der Waals surface area (Å²) in [6, 6.07) is -0.248. The molecule has 1 amide bonds. The van der Waals surface area contributed by atoms with Gasteiger partial charge in [0.15, 0.2) is 0 Å². The number of carbonyl (C=O) groups excluding carboxylic acids is 1. The molecule has 2 aliphatic heterocycles. The molecule has 2 saturated heterocycles. The van der Waals surface area contributed by atoms with Gasteiger partial charge in [0.25, 0.3) is 0 Å². The maximum atomic E-state index is 12.5. The zero-order chi connectivity index (χ0) is 16.7. The van der Waals surface area contributed by atoms with E-state index in [1.807, 2.05) is 6.92 Å². The fraction of sp³-hybridized carbons (Fsp3) is 0.933. The lowest BCUT2D eigenvalue weighted by Gasteiger charge is -2.34. The monoisotopic (exact) mass is 348 g/mol. The number of carbonyl (C=O) groups is 1. The van der Waals surface area contributed by atoms with Crippen LogP contribution in [0.2, 0.25) is 0 Å². The Bertz CT molecular complexity index is 476. The first kappa shape index (κ1) is 18.5. The van der Waals surface area contributed by atoms with E-state index in [1.165, 1.54) is 4.31 Å². The molecule has 0 radical (unpaired) electrons. The molecule has 0 N–H and O–H groups in total. The largest absolute Gasteiger partial charge is 0.448 e. The van der Waals surface area contributed by atoms with Gasteiger partial charge in [-0.1, -0.05) is 6.42 Å². The summed E-state index contributed by atoms with van der Waals surface area (Å²) in [7, 11) is -3.37. The molecule has 2 rings (SSSR count). The molecule has 0 aliphatic carbocycles. The summed E-state index contributed by atoms with van der Waals surface area (Å²) in [5.41, 5.74) is 0. The van der Waals surface area contributed by atoms with Crippen molar-refractivity contribution in [3.8, 4) is 0 Å². The fourth-order valence-corrected chi connectivity index (χ4v) is 4.68. The predicted molar refractivity (Wildman–Crippen MR) is 86.8 cm³/mol. The van der Waals surface area contributed by atoms with Crippen LogP contribution in [0.15, 0.2) is 0 Å². The first-order valence-electron chi connectivity index (χ1n) is 8.53. The summed E-state index contributed by atoms with van der Waals surface area (Å²) in [6.07, 6.45) is 4.25. The van der Waals surface area contributed by atoms with Crippen LogP contribution in [0, 0.1) is 0 Å². The van der Waals surface area contributed by atoms with E-state index in [0.29, 0.717) is 13.2 Å². The molecule has 0 saturated carbocycles. The molecular weight excluding hydrogens is 320 g/mol. The van der Waals surface area contributed by atoms with Crippen molar-refractivity contribution in [3.63, 3.8) is 0 Å². The van der Waals surface area contributed by atoms with Gasteiger partial charge in [0.05, 0.1) is 18.4 Å². The quantitative estimate of drug-likeness (QED) is 0.651. The van der Waals surface area contributed by atoms with E-state index in [2.05, 4.69) is 0 Å². The van der Waals surface area contributed by atoms with Gasteiger partial charge in [-0.25, -0.2) is 13.2 Å². The topological polar surface area (TPSA) is 76.1 Å². The summed E-state index contributed by atoms with van der Waals surface area (Å²) >= 11 is 0. The third-order valence-electron chi connectivity index (χ3n) is 4.38. The Hall–Kier alpha value is -0.860. The second-order valence-electron chi connectivity index (χ2n) is 6.04. The number of nitrogens with zero attached hydrogens (tertiary/aromatic N) is 2. The average molecular weight is 348 g/mol. The maximum Gasteiger partial charge on any atom is 0.409 e. The van der Waals surface area contributed by atoms with E-state index >= 15 is 0 Å². The van der Waals surface area contributed by atoms with E-state index in [9.17, 15) is 13.2 Å². The number of hydrogen-bond donors (Lipinski definition) is 0. The second kappa shape index (κ2) is 8.84. The van der Waals surface area contributed by atoms with Crippen molar-refractivity contribution >= 4 is 16.1 Å². The number of piperidine rings is 1. The van der Waals surface area contributed by atoms with E-state index in [1.54, 1.807) is 4.90 Å². The highest BCUT2D eigenvalue weighted by atomic mass is 32.2. The number of sulfonamides is 1. The molecule has 8 heteroatoms. The summed E-state index contributed by atoms with van der Waals surface area (Å²) in [5.74, 6) is -0.0165. The second-order valence-corrected chi connectivity index (χ2v) is 8.09. The first-order valence-corrected chi connectivity index (χ1v) is 10.1. The standard InChI is InChI=1S/C15H28N2O5S/c1-2-21-11-12-23(19,20)17-10-4-3-7-14(17)13-22-15(18)16-8-5-6-9-16/h14H,2-13H2,1H3. The van der Waals surface area contributed by atoms with Gasteiger partial charge in [0.2, 0.25) is 10.0 Å². The minimum atomic E-state index is -3.37. The van der Waals surface area contributed by atoms with Gasteiger partial charge >= 0.3 is 6.09 Å². The molecule has 134 valence electrons. The minimum absolute atomic E-state index is 0.0165. The molecule has 0 bridgehead atoms. The average Bonchev–Trinajstić information content (AvgIpc) is 3.07. The van der Waals surface area contributed by atoms with Crippen molar-refractivity contribution in [2.24, 2.45) is 0 Å². The van der Waals surface area contributed by atoms with Crippen molar-refractivity contribution in [1.29, 1.82) is 0 Å². The van der Waals surface area contributed by atoms with E-state index < -0.39 is 10.0 Å². The third-order valence-corrected chi connectivity index (χ3v) is 6.26. The van der Waals surface area contributed by atoms with E-state index in [-0.39, 0.29) is 31.1 Å². The molecule has 23 heavy (non-hydrogen) atoms. The Balaban J connectivity index is 1.88. The number of rotatable bonds is 7. The Morgan fingerprint density at radius 2 is 1.83 bits per heavy atom. The lowest BCUT2D eigenvalue weighted by Crippen LogP contribution is -2.48. The van der Waals surface area contributed by atoms with Crippen LogP contribution in [0.3, 0.4) is 0 Å². The lowest BCUT2D eigenvalue weighted by atomic mass is 10.1. The molecule has 7 nitrogen and oxygen atoms in total. The normalized spacial score (nSPS) is 23.2. The molecule has 2 fully saturated rings. The molecule has 0 aromatic heterocycles. The van der Waals surface area contributed by atoms with Crippen molar-refractivity contribution in [1.82, 2.24) is 9.21 Å². The van der Waals surface area contributed by atoms with Gasteiger partial charge in [0, 0.05) is 26.2 Å². The highest BCUT2D eigenvalue weighted by Gasteiger charge is 2.33. The molecule has 2 aliphatic rings. The van der Waals surface area contributed by atoms with E-state index in [0.717, 1.165) is 45.2 Å². The summed E-state index contributed by atoms with van der Waals surface area (Å²) in [5, 5.41) is 0. The van der Waals surface area contributed by atoms with Crippen LogP contribution in [0.5, 0.6) is 0 Å². The third kappa shape index (κ3) is 5.32. The highest BCUT2D eigenvalue weighted by molar-refractivity contribution is 7.89. The number of amides is 1. The van der Waals surface area contributed by atoms with Gasteiger partial charge in [-0.05, 0) is 32.6 Å². The van der Waals surface area contributed by atoms with Gasteiger partial charge in [0.1, 0.15) is 6.61 Å². The summed E-state index contributed by atoms with van der Waals surface area (Å²) in [4.78, 5) is 13.7. The van der Waals surface area contributed by atoms with Crippen molar-refractivity contribution in [2.45, 2.75) is 45.1 Å². The molecule has 0 spiro atoms. The Morgan fingerprint density at radius 1 is 1.13 bits per heavy atom. The van der Waals surface area contributed by atoms with Crippen molar-refractivity contribution in [3.05, 3.63) is 0 Å². The van der Waals surface area contributed by atoms with Crippen molar-refractivity contribution < 1.29 is 22.7 Å². The van der Waals surface area contributed by atoms with Crippen LogP contribution < -0.4 is 0 Å². The fourth-order valence-electron chi connectivity index (χ4n) is 3.09. The molecule has 1 atom stereocenters.